The Hall–Kier alpha value is -3.50. The van der Waals surface area contributed by atoms with Crippen molar-refractivity contribution < 1.29 is 38.4 Å². The molecule has 226 valence electrons. The molecule has 1 heterocycles. The molecule has 2 aromatic carbocycles. The Balaban J connectivity index is 1.77. The third kappa shape index (κ3) is 6.60. The molecule has 0 amide bonds. The smallest absolute Gasteiger partial charge is 0.336 e. The Morgan fingerprint density at radius 2 is 1.76 bits per heavy atom. The van der Waals surface area contributed by atoms with Crippen molar-refractivity contribution in [3.63, 3.8) is 0 Å². The Morgan fingerprint density at radius 3 is 2.43 bits per heavy atom. The van der Waals surface area contributed by atoms with Gasteiger partial charge in [-0.15, -0.1) is 0 Å². The second kappa shape index (κ2) is 13.6. The monoisotopic (exact) mass is 643 g/mol. The van der Waals surface area contributed by atoms with E-state index in [0.717, 1.165) is 11.3 Å². The summed E-state index contributed by atoms with van der Waals surface area (Å²) in [6.07, 6.45) is 0.798. The highest BCUT2D eigenvalue weighted by molar-refractivity contribution is 9.10. The summed E-state index contributed by atoms with van der Waals surface area (Å²) >= 11 is 3.42. The molecule has 9 nitrogen and oxygen atoms in total. The number of phenols is 1. The van der Waals surface area contributed by atoms with Crippen LogP contribution in [0.15, 0.2) is 57.3 Å². The molecule has 2 atom stereocenters. The molecule has 10 heteroatoms. The number of phenolic OH excluding ortho intramolecular Hbond substituents is 1. The van der Waals surface area contributed by atoms with E-state index in [1.165, 1.54) is 0 Å². The van der Waals surface area contributed by atoms with Crippen LogP contribution in [0.1, 0.15) is 63.5 Å². The molecule has 2 aromatic rings. The van der Waals surface area contributed by atoms with E-state index >= 15 is 0 Å². The fourth-order valence-electron chi connectivity index (χ4n) is 5.51. The number of hydrogen-bond donors (Lipinski definition) is 2. The molecule has 0 saturated heterocycles. The van der Waals surface area contributed by atoms with Crippen molar-refractivity contribution in [2.45, 2.75) is 58.5 Å². The van der Waals surface area contributed by atoms with Crippen LogP contribution in [0.2, 0.25) is 0 Å². The van der Waals surface area contributed by atoms with Gasteiger partial charge in [0.25, 0.3) is 0 Å². The number of methoxy groups -OCH3 is 2. The van der Waals surface area contributed by atoms with E-state index in [4.69, 9.17) is 23.7 Å². The highest BCUT2D eigenvalue weighted by atomic mass is 79.9. The first kappa shape index (κ1) is 31.4. The Labute approximate surface area is 254 Å². The Kier molecular flexibility index (Phi) is 10.2. The highest BCUT2D eigenvalue weighted by Gasteiger charge is 2.42. The number of rotatable bonds is 11. The molecule has 0 saturated carbocycles. The fraction of sp³-hybridized carbons (Fsp3) is 0.438. The van der Waals surface area contributed by atoms with Gasteiger partial charge in [-0.3, -0.25) is 4.79 Å². The molecule has 1 aliphatic carbocycles. The molecule has 0 radical (unpaired) electrons. The lowest BCUT2D eigenvalue weighted by atomic mass is 9.71. The Morgan fingerprint density at radius 1 is 1.05 bits per heavy atom. The maximum atomic E-state index is 14.0. The van der Waals surface area contributed by atoms with Crippen molar-refractivity contribution in [2.24, 2.45) is 0 Å². The Bertz CT molecular complexity index is 1410. The number of dihydropyridines is 1. The minimum atomic E-state index is -0.727. The molecule has 2 unspecified atom stereocenters. The number of halogens is 1. The van der Waals surface area contributed by atoms with Crippen LogP contribution in [0.25, 0.3) is 0 Å². The predicted octanol–water partition coefficient (Wildman–Crippen LogP) is 5.90. The van der Waals surface area contributed by atoms with Crippen LogP contribution in [-0.2, 0) is 19.1 Å². The van der Waals surface area contributed by atoms with Gasteiger partial charge in [0.1, 0.15) is 6.61 Å². The quantitative estimate of drug-likeness (QED) is 0.228. The first-order valence-electron chi connectivity index (χ1n) is 14.0. The summed E-state index contributed by atoms with van der Waals surface area (Å²) in [4.78, 5) is 27.6. The first-order chi connectivity index (χ1) is 20.1. The minimum absolute atomic E-state index is 0.00581. The first-order valence-corrected chi connectivity index (χ1v) is 14.8. The minimum Gasteiger partial charge on any atom is -0.503 e. The predicted molar refractivity (Wildman–Crippen MR) is 161 cm³/mol. The van der Waals surface area contributed by atoms with Crippen LogP contribution in [0.3, 0.4) is 0 Å². The van der Waals surface area contributed by atoms with Gasteiger partial charge in [-0.2, -0.15) is 0 Å². The van der Waals surface area contributed by atoms with Gasteiger partial charge in [0.05, 0.1) is 43.6 Å². The van der Waals surface area contributed by atoms with Gasteiger partial charge in [0.2, 0.25) is 0 Å². The number of aromatic hydroxyl groups is 1. The normalized spacial score (nSPS) is 18.5. The van der Waals surface area contributed by atoms with E-state index in [1.54, 1.807) is 33.3 Å². The zero-order chi connectivity index (χ0) is 30.6. The maximum Gasteiger partial charge on any atom is 0.336 e. The van der Waals surface area contributed by atoms with Crippen LogP contribution in [-0.4, -0.2) is 57.0 Å². The molecule has 4 rings (SSSR count). The van der Waals surface area contributed by atoms with Crippen molar-refractivity contribution in [1.29, 1.82) is 0 Å². The summed E-state index contributed by atoms with van der Waals surface area (Å²) in [5, 5.41) is 14.0. The van der Waals surface area contributed by atoms with Crippen molar-refractivity contribution in [3.05, 3.63) is 68.5 Å². The summed E-state index contributed by atoms with van der Waals surface area (Å²) < 4.78 is 28.1. The largest absolute Gasteiger partial charge is 0.503 e. The number of carbonyl (C=O) groups excluding carboxylic acids is 2. The van der Waals surface area contributed by atoms with Crippen LogP contribution >= 0.6 is 15.9 Å². The van der Waals surface area contributed by atoms with Crippen LogP contribution in [0, 0.1) is 0 Å². The van der Waals surface area contributed by atoms with Gasteiger partial charge in [-0.05, 0) is 91.4 Å². The molecular formula is C32H38BrNO8. The SMILES string of the molecule is CCOc1cc(C2C(C(=O)OCCOC(C)C)=C(C)NC3=C2C(=O)CC(c2ccc(OC)c(OC)c2)C3)cc(Br)c1O. The second-order valence-electron chi connectivity index (χ2n) is 10.5. The van der Waals surface area contributed by atoms with Gasteiger partial charge >= 0.3 is 5.97 Å². The number of esters is 1. The molecule has 2 N–H and O–H groups in total. The standard InChI is InChI=1S/C32H38BrNO8/c1-7-40-27-16-21(12-22(33)31(27)36)29-28(32(37)42-11-10-41-17(2)3)18(4)34-23-13-20(14-24(35)30(23)29)19-8-9-25(38-5)26(15-19)39-6/h8-9,12,15-17,20,29,34,36H,7,10-11,13-14H2,1-6H3. The van der Waals surface area contributed by atoms with Gasteiger partial charge in [0, 0.05) is 29.3 Å². The molecule has 42 heavy (non-hydrogen) atoms. The molecular weight excluding hydrogens is 606 g/mol. The van der Waals surface area contributed by atoms with Gasteiger partial charge in [0.15, 0.2) is 28.8 Å². The third-order valence-electron chi connectivity index (χ3n) is 7.38. The number of nitrogens with one attached hydrogen (secondary N) is 1. The molecule has 2 aliphatic rings. The fourth-order valence-corrected chi connectivity index (χ4v) is 5.97. The maximum absolute atomic E-state index is 14.0. The highest BCUT2D eigenvalue weighted by Crippen LogP contribution is 2.48. The van der Waals surface area contributed by atoms with E-state index in [0.29, 0.717) is 51.4 Å². The van der Waals surface area contributed by atoms with E-state index in [-0.39, 0.29) is 48.9 Å². The van der Waals surface area contributed by atoms with E-state index in [2.05, 4.69) is 21.2 Å². The molecule has 1 aliphatic heterocycles. The average Bonchev–Trinajstić information content (AvgIpc) is 2.96. The van der Waals surface area contributed by atoms with Crippen molar-refractivity contribution in [1.82, 2.24) is 5.32 Å². The van der Waals surface area contributed by atoms with Gasteiger partial charge < -0.3 is 34.1 Å². The van der Waals surface area contributed by atoms with Gasteiger partial charge in [-0.1, -0.05) is 6.07 Å². The average molecular weight is 645 g/mol. The molecule has 0 spiro atoms. The molecule has 0 bridgehead atoms. The summed E-state index contributed by atoms with van der Waals surface area (Å²) in [5.74, 6) is -0.0522. The lowest BCUT2D eigenvalue weighted by molar-refractivity contribution is -0.141. The zero-order valence-corrected chi connectivity index (χ0v) is 26.4. The lowest BCUT2D eigenvalue weighted by Crippen LogP contribution is -2.36. The molecule has 0 aromatic heterocycles. The number of benzene rings is 2. The summed E-state index contributed by atoms with van der Waals surface area (Å²) in [7, 11) is 3.16. The van der Waals surface area contributed by atoms with Crippen LogP contribution < -0.4 is 19.5 Å². The molecule has 0 fully saturated rings. The second-order valence-corrected chi connectivity index (χ2v) is 11.3. The van der Waals surface area contributed by atoms with Crippen LogP contribution in [0.4, 0.5) is 0 Å². The number of allylic oxidation sites excluding steroid dienone is 3. The van der Waals surface area contributed by atoms with E-state index < -0.39 is 11.9 Å². The van der Waals surface area contributed by atoms with Crippen molar-refractivity contribution >= 4 is 27.7 Å². The number of ketones is 1. The van der Waals surface area contributed by atoms with E-state index in [9.17, 15) is 14.7 Å². The van der Waals surface area contributed by atoms with Crippen molar-refractivity contribution in [2.75, 3.05) is 34.0 Å². The van der Waals surface area contributed by atoms with E-state index in [1.807, 2.05) is 39.0 Å². The lowest BCUT2D eigenvalue weighted by Gasteiger charge is -2.37. The number of Topliss-reactive ketones (excluding diaryl/α,β-unsaturated/α-hetero) is 1. The number of carbonyl (C=O) groups is 2. The zero-order valence-electron chi connectivity index (χ0n) is 24.8. The van der Waals surface area contributed by atoms with Crippen LogP contribution in [0.5, 0.6) is 23.0 Å². The van der Waals surface area contributed by atoms with Gasteiger partial charge in [-0.25, -0.2) is 4.79 Å². The summed E-state index contributed by atoms with van der Waals surface area (Å²) in [6.45, 7) is 8.10. The summed E-state index contributed by atoms with van der Waals surface area (Å²) in [6, 6.07) is 9.08. The topological polar surface area (TPSA) is 113 Å². The van der Waals surface area contributed by atoms with Crippen molar-refractivity contribution in [3.8, 4) is 23.0 Å². The third-order valence-corrected chi connectivity index (χ3v) is 7.98. The number of ether oxygens (including phenoxy) is 5. The summed E-state index contributed by atoms with van der Waals surface area (Å²) in [5.41, 5.74) is 3.75. The number of hydrogen-bond acceptors (Lipinski definition) is 9.